The Labute approximate surface area is 174 Å². The number of rotatable bonds is 6. The number of piperazine rings is 1. The van der Waals surface area contributed by atoms with Crippen molar-refractivity contribution in [1.29, 1.82) is 0 Å². The van der Waals surface area contributed by atoms with E-state index in [9.17, 15) is 9.18 Å². The Morgan fingerprint density at radius 1 is 1.10 bits per heavy atom. The fourth-order valence-corrected chi connectivity index (χ4v) is 3.85. The molecule has 1 amide bonds. The Balaban J connectivity index is 2.43. The molecule has 3 nitrogen and oxygen atoms in total. The van der Waals surface area contributed by atoms with Gasteiger partial charge in [-0.3, -0.25) is 4.79 Å². The number of carbonyl (C=O) groups is 1. The highest BCUT2D eigenvalue weighted by Gasteiger charge is 2.25. The number of nitrogens with zero attached hydrogens (tertiary/aromatic N) is 2. The summed E-state index contributed by atoms with van der Waals surface area (Å²) in [7, 11) is 0. The van der Waals surface area contributed by atoms with Crippen LogP contribution >= 0.6 is 0 Å². The van der Waals surface area contributed by atoms with E-state index in [0.29, 0.717) is 18.7 Å². The number of benzene rings is 1. The van der Waals surface area contributed by atoms with Crippen LogP contribution in [0, 0.1) is 11.7 Å². The second-order valence-electron chi connectivity index (χ2n) is 7.70. The summed E-state index contributed by atoms with van der Waals surface area (Å²) in [6, 6.07) is 6.88. The summed E-state index contributed by atoms with van der Waals surface area (Å²) in [4.78, 5) is 16.5. The third-order valence-corrected chi connectivity index (χ3v) is 5.41. The number of amides is 1. The lowest BCUT2D eigenvalue weighted by Gasteiger charge is -2.38. The van der Waals surface area contributed by atoms with Gasteiger partial charge < -0.3 is 9.80 Å². The monoisotopic (exact) mass is 396 g/mol. The minimum absolute atomic E-state index is 0.0159. The first kappa shape index (κ1) is 22.7. The summed E-state index contributed by atoms with van der Waals surface area (Å²) in [5.41, 5.74) is 4.61. The fraction of sp³-hybridized carbons (Fsp3) is 0.400. The Morgan fingerprint density at radius 3 is 2.21 bits per heavy atom. The van der Waals surface area contributed by atoms with Crippen LogP contribution in [-0.2, 0) is 4.79 Å². The average Bonchev–Trinajstić information content (AvgIpc) is 2.71. The molecule has 2 rings (SSSR count). The molecule has 0 unspecified atom stereocenters. The van der Waals surface area contributed by atoms with Crippen LogP contribution in [0.1, 0.15) is 40.2 Å². The molecule has 0 bridgehead atoms. The standard InChI is InChI=1S/C25H33FN2O/c1-7-11-19(5)24(21(8-2)22-12-9-10-13-23(22)26)20(6)27-14-16-28(17-15-27)25(29)18(3)4/h7-13,18H,1,14-17H2,2-6H3/b19-11-,21-8-,24-20-. The van der Waals surface area contributed by atoms with E-state index in [4.69, 9.17) is 0 Å². The Morgan fingerprint density at radius 2 is 1.69 bits per heavy atom. The molecule has 0 saturated carbocycles. The van der Waals surface area contributed by atoms with Gasteiger partial charge in [0.1, 0.15) is 5.82 Å². The molecule has 1 aliphatic heterocycles. The van der Waals surface area contributed by atoms with Gasteiger partial charge in [0.2, 0.25) is 5.91 Å². The Kier molecular flexibility index (Phi) is 8.00. The molecule has 0 N–H and O–H groups in total. The van der Waals surface area contributed by atoms with E-state index in [2.05, 4.69) is 18.4 Å². The van der Waals surface area contributed by atoms with E-state index >= 15 is 0 Å². The summed E-state index contributed by atoms with van der Waals surface area (Å²) in [6.45, 7) is 16.7. The summed E-state index contributed by atoms with van der Waals surface area (Å²) >= 11 is 0. The molecule has 0 atom stereocenters. The Hall–Kier alpha value is -2.62. The van der Waals surface area contributed by atoms with E-state index in [1.807, 2.05) is 56.9 Å². The first-order valence-electron chi connectivity index (χ1n) is 10.3. The molecule has 0 aromatic heterocycles. The lowest BCUT2D eigenvalue weighted by atomic mass is 9.90. The average molecular weight is 397 g/mol. The van der Waals surface area contributed by atoms with Gasteiger partial charge in [-0.05, 0) is 38.0 Å². The number of hydrogen-bond donors (Lipinski definition) is 0. The van der Waals surface area contributed by atoms with Crippen LogP contribution in [0.5, 0.6) is 0 Å². The summed E-state index contributed by atoms with van der Waals surface area (Å²) in [5, 5.41) is 0. The number of allylic oxidation sites excluding steroid dienone is 7. The highest BCUT2D eigenvalue weighted by molar-refractivity contribution is 5.84. The normalized spacial score (nSPS) is 16.8. The smallest absolute Gasteiger partial charge is 0.225 e. The quantitative estimate of drug-likeness (QED) is 0.598. The van der Waals surface area contributed by atoms with Gasteiger partial charge in [-0.2, -0.15) is 0 Å². The van der Waals surface area contributed by atoms with Crippen LogP contribution in [0.4, 0.5) is 4.39 Å². The third-order valence-electron chi connectivity index (χ3n) is 5.41. The van der Waals surface area contributed by atoms with Gasteiger partial charge in [0.25, 0.3) is 0 Å². The second kappa shape index (κ2) is 10.2. The molecule has 0 aliphatic carbocycles. The van der Waals surface area contributed by atoms with E-state index < -0.39 is 0 Å². The van der Waals surface area contributed by atoms with Gasteiger partial charge in [-0.1, -0.05) is 56.9 Å². The van der Waals surface area contributed by atoms with Gasteiger partial charge in [-0.25, -0.2) is 4.39 Å². The van der Waals surface area contributed by atoms with Gasteiger partial charge >= 0.3 is 0 Å². The van der Waals surface area contributed by atoms with Crippen LogP contribution in [0.3, 0.4) is 0 Å². The Bertz CT molecular complexity index is 840. The van der Waals surface area contributed by atoms with Gasteiger partial charge in [0, 0.05) is 48.9 Å². The van der Waals surface area contributed by atoms with Crippen LogP contribution in [0.15, 0.2) is 65.9 Å². The molecule has 1 aromatic rings. The third kappa shape index (κ3) is 5.26. The topological polar surface area (TPSA) is 23.6 Å². The molecule has 1 aromatic carbocycles. The molecular weight excluding hydrogens is 363 g/mol. The molecule has 4 heteroatoms. The van der Waals surface area contributed by atoms with Crippen molar-refractivity contribution in [1.82, 2.24) is 9.80 Å². The zero-order valence-corrected chi connectivity index (χ0v) is 18.3. The summed E-state index contributed by atoms with van der Waals surface area (Å²) < 4.78 is 14.6. The van der Waals surface area contributed by atoms with Gasteiger partial charge in [0.15, 0.2) is 0 Å². The molecule has 1 heterocycles. The van der Waals surface area contributed by atoms with E-state index in [0.717, 1.165) is 35.5 Å². The summed E-state index contributed by atoms with van der Waals surface area (Å²) in [5.74, 6) is -0.0124. The molecule has 1 saturated heterocycles. The van der Waals surface area contributed by atoms with Crippen molar-refractivity contribution >= 4 is 11.5 Å². The van der Waals surface area contributed by atoms with Crippen LogP contribution in [0.25, 0.3) is 5.57 Å². The SMILES string of the molecule is C=C\C=C(C)/C(=C(\C)N1CCN(C(=O)C(C)C)CC1)C(=C\C)/c1ccccc1F. The van der Waals surface area contributed by atoms with Crippen molar-refractivity contribution in [3.8, 4) is 0 Å². The predicted molar refractivity (Wildman–Crippen MR) is 120 cm³/mol. The van der Waals surface area contributed by atoms with Crippen molar-refractivity contribution in [2.24, 2.45) is 5.92 Å². The first-order chi connectivity index (χ1) is 13.8. The lowest BCUT2D eigenvalue weighted by Crippen LogP contribution is -2.49. The second-order valence-corrected chi connectivity index (χ2v) is 7.70. The maximum Gasteiger partial charge on any atom is 0.225 e. The molecule has 1 fully saturated rings. The minimum Gasteiger partial charge on any atom is -0.371 e. The van der Waals surface area contributed by atoms with Gasteiger partial charge in [-0.15, -0.1) is 0 Å². The van der Waals surface area contributed by atoms with E-state index in [1.165, 1.54) is 6.07 Å². The van der Waals surface area contributed by atoms with Gasteiger partial charge in [0.05, 0.1) is 0 Å². The van der Waals surface area contributed by atoms with Crippen LogP contribution < -0.4 is 0 Å². The van der Waals surface area contributed by atoms with E-state index in [-0.39, 0.29) is 17.6 Å². The molecule has 29 heavy (non-hydrogen) atoms. The molecule has 0 radical (unpaired) electrons. The maximum atomic E-state index is 14.6. The highest BCUT2D eigenvalue weighted by Crippen LogP contribution is 2.34. The van der Waals surface area contributed by atoms with Crippen LogP contribution in [-0.4, -0.2) is 41.9 Å². The largest absolute Gasteiger partial charge is 0.371 e. The maximum absolute atomic E-state index is 14.6. The van der Waals surface area contributed by atoms with Crippen molar-refractivity contribution in [3.05, 3.63) is 77.3 Å². The molecular formula is C25H33FN2O. The lowest BCUT2D eigenvalue weighted by molar-refractivity contribution is -0.135. The van der Waals surface area contributed by atoms with Crippen molar-refractivity contribution < 1.29 is 9.18 Å². The number of halogens is 1. The molecule has 0 spiro atoms. The minimum atomic E-state index is -0.232. The first-order valence-corrected chi connectivity index (χ1v) is 10.3. The van der Waals surface area contributed by atoms with E-state index in [1.54, 1.807) is 12.1 Å². The molecule has 1 aliphatic rings. The van der Waals surface area contributed by atoms with Crippen LogP contribution in [0.2, 0.25) is 0 Å². The molecule has 156 valence electrons. The highest BCUT2D eigenvalue weighted by atomic mass is 19.1. The van der Waals surface area contributed by atoms with Crippen molar-refractivity contribution in [2.75, 3.05) is 26.2 Å². The van der Waals surface area contributed by atoms with Crippen molar-refractivity contribution in [2.45, 2.75) is 34.6 Å². The zero-order chi connectivity index (χ0) is 21.6. The predicted octanol–water partition coefficient (Wildman–Crippen LogP) is 5.44. The summed E-state index contributed by atoms with van der Waals surface area (Å²) in [6.07, 6.45) is 5.69. The zero-order valence-electron chi connectivity index (χ0n) is 18.3. The van der Waals surface area contributed by atoms with Crippen molar-refractivity contribution in [3.63, 3.8) is 0 Å². The fourth-order valence-electron chi connectivity index (χ4n) is 3.85. The number of carbonyl (C=O) groups excluding carboxylic acids is 1. The number of hydrogen-bond acceptors (Lipinski definition) is 2.